The van der Waals surface area contributed by atoms with E-state index in [1.807, 2.05) is 35.8 Å². The molecule has 0 amide bonds. The second-order valence-electron chi connectivity index (χ2n) is 6.52. The third-order valence-electron chi connectivity index (χ3n) is 3.87. The summed E-state index contributed by atoms with van der Waals surface area (Å²) >= 11 is 8.04. The van der Waals surface area contributed by atoms with E-state index in [0.717, 1.165) is 39.6 Å². The summed E-state index contributed by atoms with van der Waals surface area (Å²) in [5.41, 5.74) is 4.83. The van der Waals surface area contributed by atoms with Crippen LogP contribution in [0.15, 0.2) is 41.9 Å². The minimum atomic E-state index is 0.0829. The molecule has 0 aliphatic carbocycles. The zero-order chi connectivity index (χ0) is 18.5. The molecule has 0 unspecified atom stereocenters. The molecule has 0 aliphatic heterocycles. The van der Waals surface area contributed by atoms with Gasteiger partial charge in [-0.15, -0.1) is 11.3 Å². The van der Waals surface area contributed by atoms with Gasteiger partial charge in [0.05, 0.1) is 17.3 Å². The number of halogens is 1. The smallest absolute Gasteiger partial charge is 0.124 e. The Balaban J connectivity index is 1.84. The van der Waals surface area contributed by atoms with Crippen LogP contribution in [0.4, 0.5) is 5.69 Å². The summed E-state index contributed by atoms with van der Waals surface area (Å²) in [6.45, 7) is 4.96. The second kappa shape index (κ2) is 8.62. The predicted molar refractivity (Wildman–Crippen MR) is 110 cm³/mol. The van der Waals surface area contributed by atoms with Crippen LogP contribution < -0.4 is 5.32 Å². The Morgan fingerprint density at radius 1 is 1.23 bits per heavy atom. The molecule has 0 spiro atoms. The Morgan fingerprint density at radius 2 is 2.08 bits per heavy atom. The molecular weight excluding hydrogens is 366 g/mol. The number of thiazole rings is 1. The lowest BCUT2D eigenvalue weighted by molar-refractivity contribution is 0.311. The molecule has 0 bridgehead atoms. The fraction of sp³-hybridized carbons (Fsp3) is 0.300. The Morgan fingerprint density at radius 3 is 2.81 bits per heavy atom. The fourth-order valence-corrected chi connectivity index (χ4v) is 3.80. The lowest BCUT2D eigenvalue weighted by atomic mass is 10.1. The number of aliphatic hydroxyl groups excluding tert-OH is 1. The monoisotopic (exact) mass is 387 g/mol. The molecule has 1 aromatic carbocycles. The summed E-state index contributed by atoms with van der Waals surface area (Å²) in [5.74, 6) is 0.571. The minimum absolute atomic E-state index is 0.0829. The van der Waals surface area contributed by atoms with Gasteiger partial charge >= 0.3 is 0 Å². The molecule has 2 N–H and O–H groups in total. The molecule has 0 radical (unpaired) electrons. The van der Waals surface area contributed by atoms with Crippen LogP contribution >= 0.6 is 22.9 Å². The Kier molecular flexibility index (Phi) is 6.25. The van der Waals surface area contributed by atoms with Gasteiger partial charge in [-0.05, 0) is 42.7 Å². The van der Waals surface area contributed by atoms with E-state index in [-0.39, 0.29) is 6.61 Å². The molecule has 3 rings (SSSR count). The first-order valence-electron chi connectivity index (χ1n) is 8.62. The fourth-order valence-electron chi connectivity index (χ4n) is 2.70. The standard InChI is InChI=1S/C20H22ClN3OS/c1-13(2)9-16-10-14(5-6-22-16)20-24-19(12-26-20)17-4-3-15(11-18(17)21)23-7-8-25/h3-6,10-13,23,25H,7-9H2,1-2H3. The highest BCUT2D eigenvalue weighted by Crippen LogP contribution is 2.34. The SMILES string of the molecule is CC(C)Cc1cc(-c2nc(-c3ccc(NCCO)cc3Cl)cs2)ccn1. The lowest BCUT2D eigenvalue weighted by Gasteiger charge is -2.07. The van der Waals surface area contributed by atoms with Gasteiger partial charge in [-0.3, -0.25) is 4.98 Å². The number of hydrogen-bond donors (Lipinski definition) is 2. The van der Waals surface area contributed by atoms with Crippen molar-refractivity contribution in [3.05, 3.63) is 52.6 Å². The maximum atomic E-state index is 8.90. The van der Waals surface area contributed by atoms with Gasteiger partial charge in [-0.25, -0.2) is 4.98 Å². The van der Waals surface area contributed by atoms with Crippen molar-refractivity contribution >= 4 is 28.6 Å². The van der Waals surface area contributed by atoms with E-state index in [2.05, 4.69) is 30.2 Å². The van der Waals surface area contributed by atoms with Crippen molar-refractivity contribution in [2.75, 3.05) is 18.5 Å². The van der Waals surface area contributed by atoms with Gasteiger partial charge in [0.25, 0.3) is 0 Å². The number of rotatable bonds is 7. The maximum absolute atomic E-state index is 8.90. The van der Waals surface area contributed by atoms with Crippen LogP contribution in [-0.4, -0.2) is 28.2 Å². The highest BCUT2D eigenvalue weighted by atomic mass is 35.5. The second-order valence-corrected chi connectivity index (χ2v) is 7.78. The van der Waals surface area contributed by atoms with Crippen molar-refractivity contribution < 1.29 is 5.11 Å². The molecule has 4 nitrogen and oxygen atoms in total. The lowest BCUT2D eigenvalue weighted by Crippen LogP contribution is -2.05. The molecule has 2 heterocycles. The zero-order valence-electron chi connectivity index (χ0n) is 14.9. The van der Waals surface area contributed by atoms with Gasteiger partial charge in [0.1, 0.15) is 5.01 Å². The van der Waals surface area contributed by atoms with Gasteiger partial charge in [0, 0.05) is 40.6 Å². The number of aliphatic hydroxyl groups is 1. The Bertz CT molecular complexity index is 879. The first-order valence-corrected chi connectivity index (χ1v) is 9.88. The Hall–Kier alpha value is -1.95. The van der Waals surface area contributed by atoms with Crippen LogP contribution in [0, 0.1) is 5.92 Å². The largest absolute Gasteiger partial charge is 0.395 e. The van der Waals surface area contributed by atoms with Crippen LogP contribution in [-0.2, 0) is 6.42 Å². The third kappa shape index (κ3) is 4.61. The first-order chi connectivity index (χ1) is 12.6. The number of pyridine rings is 1. The van der Waals surface area contributed by atoms with Crippen LogP contribution in [0.1, 0.15) is 19.5 Å². The van der Waals surface area contributed by atoms with Crippen molar-refractivity contribution in [2.24, 2.45) is 5.92 Å². The van der Waals surface area contributed by atoms with E-state index in [1.165, 1.54) is 0 Å². The highest BCUT2D eigenvalue weighted by molar-refractivity contribution is 7.13. The summed E-state index contributed by atoms with van der Waals surface area (Å²) in [7, 11) is 0. The third-order valence-corrected chi connectivity index (χ3v) is 5.08. The van der Waals surface area contributed by atoms with Crippen molar-refractivity contribution in [3.63, 3.8) is 0 Å². The molecule has 136 valence electrons. The number of nitrogens with zero attached hydrogens (tertiary/aromatic N) is 2. The first kappa shape index (κ1) is 18.8. The van der Waals surface area contributed by atoms with Gasteiger partial charge in [0.15, 0.2) is 0 Å². The highest BCUT2D eigenvalue weighted by Gasteiger charge is 2.11. The molecule has 0 saturated heterocycles. The molecule has 6 heteroatoms. The van der Waals surface area contributed by atoms with E-state index in [4.69, 9.17) is 21.7 Å². The number of benzene rings is 1. The summed E-state index contributed by atoms with van der Waals surface area (Å²) in [6, 6.07) is 9.88. The summed E-state index contributed by atoms with van der Waals surface area (Å²) < 4.78 is 0. The molecular formula is C20H22ClN3OS. The topological polar surface area (TPSA) is 58.0 Å². The predicted octanol–water partition coefficient (Wildman–Crippen LogP) is 5.13. The van der Waals surface area contributed by atoms with Gasteiger partial charge in [-0.1, -0.05) is 25.4 Å². The molecule has 0 atom stereocenters. The van der Waals surface area contributed by atoms with Crippen LogP contribution in [0.25, 0.3) is 21.8 Å². The van der Waals surface area contributed by atoms with Crippen molar-refractivity contribution in [2.45, 2.75) is 20.3 Å². The molecule has 0 fully saturated rings. The van der Waals surface area contributed by atoms with E-state index < -0.39 is 0 Å². The van der Waals surface area contributed by atoms with E-state index in [1.54, 1.807) is 11.3 Å². The quantitative estimate of drug-likeness (QED) is 0.590. The van der Waals surface area contributed by atoms with E-state index in [9.17, 15) is 0 Å². The van der Waals surface area contributed by atoms with Crippen LogP contribution in [0.2, 0.25) is 5.02 Å². The van der Waals surface area contributed by atoms with Crippen molar-refractivity contribution in [3.8, 4) is 21.8 Å². The number of hydrogen-bond acceptors (Lipinski definition) is 5. The average molecular weight is 388 g/mol. The number of anilines is 1. The molecule has 2 aromatic heterocycles. The van der Waals surface area contributed by atoms with Crippen LogP contribution in [0.5, 0.6) is 0 Å². The summed E-state index contributed by atoms with van der Waals surface area (Å²) in [4.78, 5) is 9.22. The average Bonchev–Trinajstić information content (AvgIpc) is 3.09. The van der Waals surface area contributed by atoms with Crippen molar-refractivity contribution in [1.82, 2.24) is 9.97 Å². The molecule has 0 aliphatic rings. The van der Waals surface area contributed by atoms with Gasteiger partial charge in [0.2, 0.25) is 0 Å². The van der Waals surface area contributed by atoms with Gasteiger partial charge in [-0.2, -0.15) is 0 Å². The minimum Gasteiger partial charge on any atom is -0.395 e. The maximum Gasteiger partial charge on any atom is 0.124 e. The number of nitrogens with one attached hydrogen (secondary N) is 1. The van der Waals surface area contributed by atoms with Crippen molar-refractivity contribution in [1.29, 1.82) is 0 Å². The van der Waals surface area contributed by atoms with E-state index in [0.29, 0.717) is 17.5 Å². The zero-order valence-corrected chi connectivity index (χ0v) is 16.4. The van der Waals surface area contributed by atoms with Gasteiger partial charge < -0.3 is 10.4 Å². The Labute approximate surface area is 162 Å². The summed E-state index contributed by atoms with van der Waals surface area (Å²) in [6.07, 6.45) is 2.81. The molecule has 26 heavy (non-hydrogen) atoms. The summed E-state index contributed by atoms with van der Waals surface area (Å²) in [5, 5.41) is 15.6. The molecule has 0 saturated carbocycles. The number of aromatic nitrogens is 2. The molecule has 3 aromatic rings. The normalized spacial score (nSPS) is 11.1. The van der Waals surface area contributed by atoms with E-state index >= 15 is 0 Å². The van der Waals surface area contributed by atoms with Crippen LogP contribution in [0.3, 0.4) is 0 Å².